The zero-order valence-electron chi connectivity index (χ0n) is 18.7. The molecule has 1 aliphatic rings. The van der Waals surface area contributed by atoms with Crippen molar-refractivity contribution in [2.24, 2.45) is 0 Å². The van der Waals surface area contributed by atoms with Crippen molar-refractivity contribution in [2.45, 2.75) is 11.3 Å². The van der Waals surface area contributed by atoms with E-state index in [4.69, 9.17) is 14.2 Å². The highest BCUT2D eigenvalue weighted by Crippen LogP contribution is 2.30. The zero-order valence-corrected chi connectivity index (χ0v) is 19.5. The maximum Gasteiger partial charge on any atom is 0.338 e. The van der Waals surface area contributed by atoms with Gasteiger partial charge in [0, 0.05) is 12.2 Å². The monoisotopic (exact) mass is 496 g/mol. The Hall–Kier alpha value is -4.05. The predicted molar refractivity (Wildman–Crippen MR) is 128 cm³/mol. The Morgan fingerprint density at radius 2 is 1.60 bits per heavy atom. The topological polar surface area (TPSA) is 120 Å². The summed E-state index contributed by atoms with van der Waals surface area (Å²) in [5.41, 5.74) is 1.53. The molecule has 0 saturated heterocycles. The molecule has 4 rings (SSSR count). The number of fused-ring (bicyclic) bond motifs is 1. The lowest BCUT2D eigenvalue weighted by molar-refractivity contribution is -0.124. The minimum Gasteiger partial charge on any atom is -0.486 e. The second-order valence-electron chi connectivity index (χ2n) is 7.65. The SMILES string of the molecule is O=C(COC(=O)c1ccc(S(=O)(=O)Nc2ccccc2)cc1)NCCc1ccc2c(c1)OCCO2. The van der Waals surface area contributed by atoms with Crippen LogP contribution in [0.2, 0.25) is 0 Å². The molecule has 0 spiro atoms. The number of rotatable bonds is 9. The van der Waals surface area contributed by atoms with E-state index < -0.39 is 28.5 Å². The minimum atomic E-state index is -3.80. The van der Waals surface area contributed by atoms with Gasteiger partial charge in [-0.3, -0.25) is 9.52 Å². The van der Waals surface area contributed by atoms with Crippen LogP contribution >= 0.6 is 0 Å². The van der Waals surface area contributed by atoms with Crippen LogP contribution in [0.4, 0.5) is 5.69 Å². The molecule has 35 heavy (non-hydrogen) atoms. The first-order valence-electron chi connectivity index (χ1n) is 10.9. The molecule has 0 aromatic heterocycles. The van der Waals surface area contributed by atoms with E-state index in [1.54, 1.807) is 30.3 Å². The van der Waals surface area contributed by atoms with Crippen LogP contribution in [0.25, 0.3) is 0 Å². The Bertz CT molecular complexity index is 1290. The molecule has 0 saturated carbocycles. The van der Waals surface area contributed by atoms with E-state index in [2.05, 4.69) is 10.0 Å². The van der Waals surface area contributed by atoms with Crippen molar-refractivity contribution < 1.29 is 32.2 Å². The molecule has 1 aliphatic heterocycles. The fourth-order valence-electron chi connectivity index (χ4n) is 3.35. The Morgan fingerprint density at radius 3 is 2.34 bits per heavy atom. The van der Waals surface area contributed by atoms with E-state index >= 15 is 0 Å². The Labute approximate surface area is 203 Å². The Balaban J connectivity index is 1.22. The summed E-state index contributed by atoms with van der Waals surface area (Å²) < 4.78 is 43.5. The second-order valence-corrected chi connectivity index (χ2v) is 9.33. The number of esters is 1. The van der Waals surface area contributed by atoms with E-state index in [1.165, 1.54) is 24.3 Å². The van der Waals surface area contributed by atoms with E-state index in [9.17, 15) is 18.0 Å². The van der Waals surface area contributed by atoms with Gasteiger partial charge < -0.3 is 19.5 Å². The normalized spacial score (nSPS) is 12.5. The lowest BCUT2D eigenvalue weighted by Crippen LogP contribution is -2.30. The molecule has 9 nitrogen and oxygen atoms in total. The summed E-state index contributed by atoms with van der Waals surface area (Å²) in [6.45, 7) is 0.935. The molecular formula is C25H24N2O7S. The van der Waals surface area contributed by atoms with Crippen LogP contribution in [0, 0.1) is 0 Å². The van der Waals surface area contributed by atoms with E-state index in [0.717, 1.165) is 5.56 Å². The van der Waals surface area contributed by atoms with Crippen LogP contribution in [-0.2, 0) is 26.0 Å². The van der Waals surface area contributed by atoms with Gasteiger partial charge in [-0.05, 0) is 60.5 Å². The minimum absolute atomic E-state index is 0.00483. The molecule has 0 unspecified atom stereocenters. The van der Waals surface area contributed by atoms with Gasteiger partial charge in [0.1, 0.15) is 13.2 Å². The number of amides is 1. The van der Waals surface area contributed by atoms with Crippen molar-refractivity contribution in [3.63, 3.8) is 0 Å². The highest BCUT2D eigenvalue weighted by Gasteiger charge is 2.16. The van der Waals surface area contributed by atoms with Gasteiger partial charge in [0.2, 0.25) is 0 Å². The first-order chi connectivity index (χ1) is 16.9. The predicted octanol–water partition coefficient (Wildman–Crippen LogP) is 2.77. The number of para-hydroxylation sites is 1. The third-order valence-electron chi connectivity index (χ3n) is 5.10. The third kappa shape index (κ3) is 6.51. The maximum atomic E-state index is 12.5. The number of nitrogens with one attached hydrogen (secondary N) is 2. The smallest absolute Gasteiger partial charge is 0.338 e. The summed E-state index contributed by atoms with van der Waals surface area (Å²) in [6, 6.07) is 19.3. The number of sulfonamides is 1. The van der Waals surface area contributed by atoms with Crippen LogP contribution in [-0.4, -0.2) is 46.7 Å². The molecule has 3 aromatic rings. The molecule has 0 radical (unpaired) electrons. The van der Waals surface area contributed by atoms with Crippen molar-refractivity contribution in [1.29, 1.82) is 0 Å². The number of hydrogen-bond acceptors (Lipinski definition) is 7. The molecule has 1 heterocycles. The summed E-state index contributed by atoms with van der Waals surface area (Å²) in [5.74, 6) is 0.215. The van der Waals surface area contributed by atoms with Gasteiger partial charge in [-0.1, -0.05) is 24.3 Å². The lowest BCUT2D eigenvalue weighted by atomic mass is 10.1. The number of carbonyl (C=O) groups excluding carboxylic acids is 2. The molecule has 0 aliphatic carbocycles. The second kappa shape index (κ2) is 10.9. The molecule has 3 aromatic carbocycles. The van der Waals surface area contributed by atoms with Gasteiger partial charge in [0.15, 0.2) is 18.1 Å². The van der Waals surface area contributed by atoms with Gasteiger partial charge in [-0.25, -0.2) is 13.2 Å². The summed E-state index contributed by atoms with van der Waals surface area (Å²) in [7, 11) is -3.80. The van der Waals surface area contributed by atoms with Crippen molar-refractivity contribution in [1.82, 2.24) is 5.32 Å². The molecule has 0 bridgehead atoms. The largest absolute Gasteiger partial charge is 0.486 e. The Morgan fingerprint density at radius 1 is 0.886 bits per heavy atom. The summed E-state index contributed by atoms with van der Waals surface area (Å²) in [4.78, 5) is 24.3. The van der Waals surface area contributed by atoms with Gasteiger partial charge in [-0.2, -0.15) is 0 Å². The molecule has 1 amide bonds. The van der Waals surface area contributed by atoms with Crippen molar-refractivity contribution in [3.8, 4) is 11.5 Å². The van der Waals surface area contributed by atoms with Gasteiger partial charge in [0.05, 0.1) is 10.5 Å². The molecule has 10 heteroatoms. The highest BCUT2D eigenvalue weighted by atomic mass is 32.2. The van der Waals surface area contributed by atoms with Gasteiger partial charge in [0.25, 0.3) is 15.9 Å². The molecular weight excluding hydrogens is 472 g/mol. The summed E-state index contributed by atoms with van der Waals surface area (Å²) in [5, 5.41) is 2.69. The molecule has 2 N–H and O–H groups in total. The third-order valence-corrected chi connectivity index (χ3v) is 6.50. The highest BCUT2D eigenvalue weighted by molar-refractivity contribution is 7.92. The van der Waals surface area contributed by atoms with Crippen LogP contribution in [0.5, 0.6) is 11.5 Å². The number of hydrogen-bond donors (Lipinski definition) is 2. The standard InChI is InChI=1S/C25H24N2O7S/c28-24(26-13-12-18-6-11-22-23(16-18)33-15-14-32-22)17-34-25(29)19-7-9-21(10-8-19)35(30,31)27-20-4-2-1-3-5-20/h1-11,16,27H,12-15,17H2,(H,26,28). The zero-order chi connectivity index (χ0) is 24.7. The lowest BCUT2D eigenvalue weighted by Gasteiger charge is -2.18. The average Bonchev–Trinajstić information content (AvgIpc) is 2.87. The van der Waals surface area contributed by atoms with Gasteiger partial charge in [-0.15, -0.1) is 0 Å². The first kappa shape index (κ1) is 24.1. The molecule has 0 atom stereocenters. The van der Waals surface area contributed by atoms with Crippen LogP contribution in [0.15, 0.2) is 77.7 Å². The molecule has 0 fully saturated rings. The van der Waals surface area contributed by atoms with Crippen LogP contribution in [0.1, 0.15) is 15.9 Å². The van der Waals surface area contributed by atoms with Crippen molar-refractivity contribution in [3.05, 3.63) is 83.9 Å². The fourth-order valence-corrected chi connectivity index (χ4v) is 4.40. The number of anilines is 1. The Kier molecular flexibility index (Phi) is 7.51. The first-order valence-corrected chi connectivity index (χ1v) is 12.4. The summed E-state index contributed by atoms with van der Waals surface area (Å²) >= 11 is 0. The summed E-state index contributed by atoms with van der Waals surface area (Å²) in [6.07, 6.45) is 0.573. The van der Waals surface area contributed by atoms with Crippen LogP contribution < -0.4 is 19.5 Å². The maximum absolute atomic E-state index is 12.5. The average molecular weight is 497 g/mol. The number of ether oxygens (including phenoxy) is 3. The van der Waals surface area contributed by atoms with E-state index in [-0.39, 0.29) is 10.5 Å². The van der Waals surface area contributed by atoms with Gasteiger partial charge >= 0.3 is 5.97 Å². The van der Waals surface area contributed by atoms with Crippen molar-refractivity contribution >= 4 is 27.6 Å². The number of carbonyl (C=O) groups is 2. The number of benzene rings is 3. The molecule has 182 valence electrons. The quantitative estimate of drug-likeness (QED) is 0.437. The van der Waals surface area contributed by atoms with E-state index in [0.29, 0.717) is 43.4 Å². The van der Waals surface area contributed by atoms with E-state index in [1.807, 2.05) is 18.2 Å². The van der Waals surface area contributed by atoms with Crippen LogP contribution in [0.3, 0.4) is 0 Å². The van der Waals surface area contributed by atoms with Crippen molar-refractivity contribution in [2.75, 3.05) is 31.1 Å². The fraction of sp³-hybridized carbons (Fsp3) is 0.200.